The van der Waals surface area contributed by atoms with Gasteiger partial charge in [-0.25, -0.2) is 0 Å². The van der Waals surface area contributed by atoms with Crippen molar-refractivity contribution in [1.29, 1.82) is 0 Å². The van der Waals surface area contributed by atoms with E-state index in [0.717, 1.165) is 29.9 Å². The number of aromatic hydroxyl groups is 1. The van der Waals surface area contributed by atoms with Crippen LogP contribution < -0.4 is 0 Å². The van der Waals surface area contributed by atoms with Crippen LogP contribution in [0, 0.1) is 24.7 Å². The zero-order valence-electron chi connectivity index (χ0n) is 12.1. The SMILES string of the molecule is Cc1ccc(O)c(CN(C)CC2CC3CCC2C3)c1. The van der Waals surface area contributed by atoms with E-state index in [0.29, 0.717) is 5.75 Å². The van der Waals surface area contributed by atoms with E-state index in [-0.39, 0.29) is 0 Å². The van der Waals surface area contributed by atoms with Crippen molar-refractivity contribution in [1.82, 2.24) is 4.90 Å². The van der Waals surface area contributed by atoms with Gasteiger partial charge in [-0.15, -0.1) is 0 Å². The summed E-state index contributed by atoms with van der Waals surface area (Å²) in [6, 6.07) is 5.89. The number of aryl methyl sites for hydroxylation is 1. The second-order valence-corrected chi connectivity index (χ2v) is 6.76. The fourth-order valence-electron chi connectivity index (χ4n) is 4.20. The van der Waals surface area contributed by atoms with Gasteiger partial charge in [0.1, 0.15) is 5.75 Å². The van der Waals surface area contributed by atoms with Crippen molar-refractivity contribution in [3.8, 4) is 5.75 Å². The first kappa shape index (κ1) is 13.0. The predicted molar refractivity (Wildman–Crippen MR) is 78.1 cm³/mol. The minimum absolute atomic E-state index is 0.436. The second kappa shape index (κ2) is 5.16. The molecule has 2 heteroatoms. The Morgan fingerprint density at radius 1 is 1.26 bits per heavy atom. The monoisotopic (exact) mass is 259 g/mol. The smallest absolute Gasteiger partial charge is 0.120 e. The average Bonchev–Trinajstić information content (AvgIpc) is 2.96. The molecule has 2 saturated carbocycles. The summed E-state index contributed by atoms with van der Waals surface area (Å²) in [6.07, 6.45) is 5.85. The summed E-state index contributed by atoms with van der Waals surface area (Å²) in [4.78, 5) is 2.39. The summed E-state index contributed by atoms with van der Waals surface area (Å²) in [5.74, 6) is 3.34. The van der Waals surface area contributed by atoms with Gasteiger partial charge in [0, 0.05) is 18.7 Å². The van der Waals surface area contributed by atoms with Gasteiger partial charge in [0.2, 0.25) is 0 Å². The normalized spacial score (nSPS) is 29.3. The third kappa shape index (κ3) is 2.79. The largest absolute Gasteiger partial charge is 0.508 e. The van der Waals surface area contributed by atoms with Crippen molar-refractivity contribution in [3.63, 3.8) is 0 Å². The number of rotatable bonds is 4. The molecule has 1 aromatic rings. The summed E-state index contributed by atoms with van der Waals surface area (Å²) < 4.78 is 0. The van der Waals surface area contributed by atoms with E-state index < -0.39 is 0 Å². The van der Waals surface area contributed by atoms with Gasteiger partial charge in [-0.1, -0.05) is 24.1 Å². The molecule has 2 nitrogen and oxygen atoms in total. The van der Waals surface area contributed by atoms with Crippen molar-refractivity contribution in [2.75, 3.05) is 13.6 Å². The van der Waals surface area contributed by atoms with E-state index in [1.165, 1.54) is 37.8 Å². The van der Waals surface area contributed by atoms with E-state index >= 15 is 0 Å². The molecule has 104 valence electrons. The van der Waals surface area contributed by atoms with Crippen molar-refractivity contribution in [3.05, 3.63) is 29.3 Å². The number of phenols is 1. The average molecular weight is 259 g/mol. The molecule has 0 saturated heterocycles. The Morgan fingerprint density at radius 3 is 2.79 bits per heavy atom. The lowest BCUT2D eigenvalue weighted by atomic mass is 9.88. The lowest BCUT2D eigenvalue weighted by molar-refractivity contribution is 0.213. The van der Waals surface area contributed by atoms with Gasteiger partial charge in [0.25, 0.3) is 0 Å². The van der Waals surface area contributed by atoms with Crippen molar-refractivity contribution in [2.45, 2.75) is 39.2 Å². The van der Waals surface area contributed by atoms with Gasteiger partial charge in [0.15, 0.2) is 0 Å². The van der Waals surface area contributed by atoms with E-state index in [2.05, 4.69) is 24.9 Å². The summed E-state index contributed by atoms with van der Waals surface area (Å²) in [5.41, 5.74) is 2.28. The summed E-state index contributed by atoms with van der Waals surface area (Å²) in [7, 11) is 2.19. The van der Waals surface area contributed by atoms with Crippen LogP contribution in [0.1, 0.15) is 36.8 Å². The minimum atomic E-state index is 0.436. The highest BCUT2D eigenvalue weighted by Crippen LogP contribution is 2.48. The molecule has 2 bridgehead atoms. The molecule has 2 aliphatic rings. The summed E-state index contributed by atoms with van der Waals surface area (Å²) in [5, 5.41) is 9.92. The zero-order valence-corrected chi connectivity index (χ0v) is 12.1. The van der Waals surface area contributed by atoms with Crippen LogP contribution in [-0.2, 0) is 6.54 Å². The molecule has 2 fully saturated rings. The number of phenolic OH excluding ortho intramolecular Hbond substituents is 1. The van der Waals surface area contributed by atoms with Gasteiger partial charge >= 0.3 is 0 Å². The Morgan fingerprint density at radius 2 is 2.11 bits per heavy atom. The van der Waals surface area contributed by atoms with E-state index in [1.54, 1.807) is 0 Å². The Hall–Kier alpha value is -1.02. The predicted octanol–water partition coefficient (Wildman–Crippen LogP) is 3.57. The zero-order chi connectivity index (χ0) is 13.4. The molecule has 0 aromatic heterocycles. The number of fused-ring (bicyclic) bond motifs is 2. The molecule has 1 N–H and O–H groups in total. The Labute approximate surface area is 116 Å². The molecule has 0 heterocycles. The maximum absolute atomic E-state index is 9.92. The maximum Gasteiger partial charge on any atom is 0.120 e. The van der Waals surface area contributed by atoms with E-state index in [4.69, 9.17) is 0 Å². The molecule has 19 heavy (non-hydrogen) atoms. The van der Waals surface area contributed by atoms with Crippen LogP contribution in [0.15, 0.2) is 18.2 Å². The fourth-order valence-corrected chi connectivity index (χ4v) is 4.20. The highest BCUT2D eigenvalue weighted by molar-refractivity contribution is 5.35. The number of hydrogen-bond donors (Lipinski definition) is 1. The first-order chi connectivity index (χ1) is 9.11. The van der Waals surface area contributed by atoms with Crippen LogP contribution in [0.25, 0.3) is 0 Å². The Balaban J connectivity index is 1.59. The van der Waals surface area contributed by atoms with Crippen LogP contribution in [0.5, 0.6) is 5.75 Å². The first-order valence-corrected chi connectivity index (χ1v) is 7.59. The molecule has 0 spiro atoms. The van der Waals surface area contributed by atoms with Crippen molar-refractivity contribution in [2.24, 2.45) is 17.8 Å². The van der Waals surface area contributed by atoms with Gasteiger partial charge < -0.3 is 10.0 Å². The highest BCUT2D eigenvalue weighted by Gasteiger charge is 2.39. The van der Waals surface area contributed by atoms with Crippen molar-refractivity contribution >= 4 is 0 Å². The molecule has 3 atom stereocenters. The third-order valence-electron chi connectivity index (χ3n) is 5.11. The first-order valence-electron chi connectivity index (χ1n) is 7.59. The van der Waals surface area contributed by atoms with E-state index in [9.17, 15) is 5.11 Å². The molecular formula is C17H25NO. The maximum atomic E-state index is 9.92. The van der Waals surface area contributed by atoms with Gasteiger partial charge in [-0.3, -0.25) is 0 Å². The van der Waals surface area contributed by atoms with Crippen LogP contribution in [-0.4, -0.2) is 23.6 Å². The fraction of sp³-hybridized carbons (Fsp3) is 0.647. The molecule has 1 aromatic carbocycles. The lowest BCUT2D eigenvalue weighted by Gasteiger charge is -2.27. The van der Waals surface area contributed by atoms with Crippen LogP contribution in [0.3, 0.4) is 0 Å². The topological polar surface area (TPSA) is 23.5 Å². The highest BCUT2D eigenvalue weighted by atomic mass is 16.3. The van der Waals surface area contributed by atoms with Crippen molar-refractivity contribution < 1.29 is 5.11 Å². The second-order valence-electron chi connectivity index (χ2n) is 6.76. The van der Waals surface area contributed by atoms with Crippen LogP contribution in [0.4, 0.5) is 0 Å². The van der Waals surface area contributed by atoms with Gasteiger partial charge in [0.05, 0.1) is 0 Å². The molecule has 3 unspecified atom stereocenters. The summed E-state index contributed by atoms with van der Waals surface area (Å²) in [6.45, 7) is 4.13. The van der Waals surface area contributed by atoms with Crippen LogP contribution in [0.2, 0.25) is 0 Å². The quantitative estimate of drug-likeness (QED) is 0.893. The standard InChI is InChI=1S/C17H25NO/c1-12-3-6-17(19)16(7-12)11-18(2)10-15-9-13-4-5-14(15)8-13/h3,6-7,13-15,19H,4-5,8-11H2,1-2H3. The number of hydrogen-bond acceptors (Lipinski definition) is 2. The molecule has 0 aliphatic heterocycles. The number of benzene rings is 1. The number of nitrogens with zero attached hydrogens (tertiary/aromatic N) is 1. The van der Waals surface area contributed by atoms with Crippen LogP contribution >= 0.6 is 0 Å². The van der Waals surface area contributed by atoms with Gasteiger partial charge in [-0.2, -0.15) is 0 Å². The Bertz CT molecular complexity index is 457. The third-order valence-corrected chi connectivity index (χ3v) is 5.11. The lowest BCUT2D eigenvalue weighted by Crippen LogP contribution is -2.28. The van der Waals surface area contributed by atoms with Gasteiger partial charge in [-0.05, 0) is 57.1 Å². The summed E-state index contributed by atoms with van der Waals surface area (Å²) >= 11 is 0. The molecular weight excluding hydrogens is 234 g/mol. The molecule has 3 rings (SSSR count). The molecule has 0 radical (unpaired) electrons. The van der Waals surface area contributed by atoms with E-state index in [1.807, 2.05) is 12.1 Å². The molecule has 0 amide bonds. The Kier molecular flexibility index (Phi) is 3.53. The molecule has 2 aliphatic carbocycles. The minimum Gasteiger partial charge on any atom is -0.508 e.